The molecule has 2 amide bonds. The Kier molecular flexibility index (Phi) is 8.27. The van der Waals surface area contributed by atoms with Crippen LogP contribution in [0.15, 0.2) is 34.7 Å². The van der Waals surface area contributed by atoms with Gasteiger partial charge in [-0.05, 0) is 30.5 Å². The third-order valence-electron chi connectivity index (χ3n) is 5.04. The minimum Gasteiger partial charge on any atom is -0.497 e. The van der Waals surface area contributed by atoms with Crippen molar-refractivity contribution in [3.63, 3.8) is 0 Å². The second kappa shape index (κ2) is 10.7. The topological polar surface area (TPSA) is 115 Å². The number of amides is 2. The molecule has 1 saturated carbocycles. The van der Waals surface area contributed by atoms with Gasteiger partial charge in [0.05, 0.1) is 18.8 Å². The molecule has 0 radical (unpaired) electrons. The Balaban J connectivity index is 0.000000360. The zero-order chi connectivity index (χ0) is 21.4. The van der Waals surface area contributed by atoms with Gasteiger partial charge in [0.25, 0.3) is 11.8 Å². The van der Waals surface area contributed by atoms with Crippen LogP contribution in [0, 0.1) is 0 Å². The molecule has 0 saturated heterocycles. The number of carbonyl (C=O) groups is 2. The predicted octanol–water partition coefficient (Wildman–Crippen LogP) is 3.21. The summed E-state index contributed by atoms with van der Waals surface area (Å²) in [5.74, 6) is -0.185. The molecule has 0 spiro atoms. The van der Waals surface area contributed by atoms with E-state index in [0.717, 1.165) is 18.4 Å². The highest BCUT2D eigenvalue weighted by Gasteiger charge is 2.24. The summed E-state index contributed by atoms with van der Waals surface area (Å²) in [6, 6.07) is 8.77. The number of nitrogens with one attached hydrogen (secondary N) is 1. The van der Waals surface area contributed by atoms with Gasteiger partial charge in [-0.3, -0.25) is 9.59 Å². The number of aliphatic hydroxyl groups is 1. The van der Waals surface area contributed by atoms with Gasteiger partial charge in [-0.25, -0.2) is 0 Å². The fraction of sp³-hybridized carbons (Fsp3) is 0.455. The Bertz CT molecular complexity index is 824. The minimum absolute atomic E-state index is 0.0359. The van der Waals surface area contributed by atoms with Crippen LogP contribution in [-0.2, 0) is 0 Å². The molecule has 1 aliphatic rings. The normalized spacial score (nSPS) is 15.0. The molecule has 1 atom stereocenters. The zero-order valence-corrected chi connectivity index (χ0v) is 17.2. The van der Waals surface area contributed by atoms with Gasteiger partial charge < -0.3 is 25.3 Å². The van der Waals surface area contributed by atoms with Crippen LogP contribution < -0.4 is 15.8 Å². The first-order chi connectivity index (χ1) is 13.9. The lowest BCUT2D eigenvalue weighted by atomic mass is 9.95. The number of carbonyl (C=O) groups excluding carboxylic acids is 2. The maximum Gasteiger partial charge on any atom is 0.286 e. The maximum absolute atomic E-state index is 11.7. The van der Waals surface area contributed by atoms with Crippen LogP contribution in [0.5, 0.6) is 5.75 Å². The number of hydrogen-bond acceptors (Lipinski definition) is 5. The Morgan fingerprint density at radius 1 is 1.24 bits per heavy atom. The molecule has 158 valence electrons. The second-order valence-electron chi connectivity index (χ2n) is 7.12. The molecule has 3 rings (SSSR count). The van der Waals surface area contributed by atoms with E-state index in [1.165, 1.54) is 32.4 Å². The van der Waals surface area contributed by atoms with Crippen LogP contribution in [0.2, 0.25) is 0 Å². The Morgan fingerprint density at radius 3 is 2.45 bits per heavy atom. The van der Waals surface area contributed by atoms with Gasteiger partial charge in [0, 0.05) is 19.0 Å². The molecule has 0 bridgehead atoms. The summed E-state index contributed by atoms with van der Waals surface area (Å²) in [7, 11) is 3.06. The Hall–Kier alpha value is -2.80. The number of aliphatic hydroxyl groups excluding tert-OH is 1. The summed E-state index contributed by atoms with van der Waals surface area (Å²) in [5, 5.41) is 11.4. The van der Waals surface area contributed by atoms with Gasteiger partial charge in [0.1, 0.15) is 11.5 Å². The van der Waals surface area contributed by atoms with E-state index in [4.69, 9.17) is 20.0 Å². The summed E-state index contributed by atoms with van der Waals surface area (Å²) in [6.45, 7) is 1.87. The van der Waals surface area contributed by atoms with E-state index in [0.29, 0.717) is 11.5 Å². The number of rotatable bonds is 5. The number of primary amides is 1. The first-order valence-corrected chi connectivity index (χ1v) is 9.85. The van der Waals surface area contributed by atoms with Crippen molar-refractivity contribution in [2.24, 2.45) is 5.73 Å². The lowest BCUT2D eigenvalue weighted by Crippen LogP contribution is -2.17. The number of benzene rings is 1. The largest absolute Gasteiger partial charge is 0.497 e. The number of ether oxygens (including phenoxy) is 1. The maximum atomic E-state index is 11.7. The van der Waals surface area contributed by atoms with Crippen molar-refractivity contribution in [3.05, 3.63) is 53.0 Å². The van der Waals surface area contributed by atoms with Gasteiger partial charge in [0.15, 0.2) is 5.76 Å². The smallest absolute Gasteiger partial charge is 0.286 e. The minimum atomic E-state index is -0.636. The molecule has 2 aromatic rings. The van der Waals surface area contributed by atoms with E-state index >= 15 is 0 Å². The van der Waals surface area contributed by atoms with Crippen molar-refractivity contribution >= 4 is 11.8 Å². The number of methoxy groups -OCH3 is 1. The molecule has 4 N–H and O–H groups in total. The highest BCUT2D eigenvalue weighted by molar-refractivity contribution is 5.98. The van der Waals surface area contributed by atoms with Gasteiger partial charge in [-0.15, -0.1) is 0 Å². The van der Waals surface area contributed by atoms with Crippen LogP contribution >= 0.6 is 0 Å². The molecular weight excluding hydrogens is 372 g/mol. The van der Waals surface area contributed by atoms with Gasteiger partial charge in [-0.1, -0.05) is 38.3 Å². The molecular formula is C22H30N2O5. The van der Waals surface area contributed by atoms with Crippen molar-refractivity contribution in [1.82, 2.24) is 5.32 Å². The molecule has 1 fully saturated rings. The van der Waals surface area contributed by atoms with Crippen LogP contribution in [0.3, 0.4) is 0 Å². The van der Waals surface area contributed by atoms with E-state index in [1.807, 2.05) is 31.2 Å². The average molecular weight is 402 g/mol. The van der Waals surface area contributed by atoms with E-state index < -0.39 is 11.8 Å². The number of furan rings is 1. The van der Waals surface area contributed by atoms with E-state index in [9.17, 15) is 9.59 Å². The third kappa shape index (κ3) is 6.09. The highest BCUT2D eigenvalue weighted by Crippen LogP contribution is 2.31. The zero-order valence-electron chi connectivity index (χ0n) is 17.2. The van der Waals surface area contributed by atoms with Crippen LogP contribution in [-0.4, -0.2) is 37.2 Å². The summed E-state index contributed by atoms with van der Waals surface area (Å²) < 4.78 is 10.8. The van der Waals surface area contributed by atoms with E-state index in [2.05, 4.69) is 5.32 Å². The van der Waals surface area contributed by atoms with Crippen molar-refractivity contribution < 1.29 is 23.8 Å². The molecule has 1 unspecified atom stereocenters. The van der Waals surface area contributed by atoms with Gasteiger partial charge >= 0.3 is 0 Å². The number of nitrogens with two attached hydrogens (primary N) is 1. The standard InChI is InChI=1S/C16H18N2O4.C6H12O/c1-9(10-5-4-6-11(7-10)21-3)14-12(15(17)19)8-13(22-14)16(20)18-2;7-6-4-2-1-3-5-6/h4-9H,1-3H3,(H2,17,19)(H,18,20);6-7H,1-5H2. The molecule has 1 heterocycles. The van der Waals surface area contributed by atoms with E-state index in [-0.39, 0.29) is 23.3 Å². The molecule has 0 aliphatic heterocycles. The fourth-order valence-electron chi connectivity index (χ4n) is 3.30. The Labute approximate surface area is 171 Å². The first-order valence-electron chi connectivity index (χ1n) is 9.85. The summed E-state index contributed by atoms with van der Waals surface area (Å²) in [4.78, 5) is 23.3. The summed E-state index contributed by atoms with van der Waals surface area (Å²) in [6.07, 6.45) is 5.92. The molecule has 7 nitrogen and oxygen atoms in total. The van der Waals surface area contributed by atoms with Gasteiger partial charge in [-0.2, -0.15) is 0 Å². The van der Waals surface area contributed by atoms with Crippen molar-refractivity contribution in [2.75, 3.05) is 14.2 Å². The average Bonchev–Trinajstić information content (AvgIpc) is 3.19. The number of hydrogen-bond donors (Lipinski definition) is 3. The summed E-state index contributed by atoms with van der Waals surface area (Å²) in [5.41, 5.74) is 6.48. The third-order valence-corrected chi connectivity index (χ3v) is 5.04. The van der Waals surface area contributed by atoms with Gasteiger partial charge in [0.2, 0.25) is 0 Å². The lowest BCUT2D eigenvalue weighted by molar-refractivity contribution is 0.0932. The molecule has 29 heavy (non-hydrogen) atoms. The molecule has 1 aliphatic carbocycles. The van der Waals surface area contributed by atoms with Crippen LogP contribution in [0.1, 0.15) is 77.2 Å². The predicted molar refractivity (Wildman–Crippen MR) is 110 cm³/mol. The van der Waals surface area contributed by atoms with Crippen LogP contribution in [0.4, 0.5) is 0 Å². The van der Waals surface area contributed by atoms with Crippen molar-refractivity contribution in [1.29, 1.82) is 0 Å². The van der Waals surface area contributed by atoms with E-state index in [1.54, 1.807) is 7.11 Å². The molecule has 7 heteroatoms. The second-order valence-corrected chi connectivity index (χ2v) is 7.12. The Morgan fingerprint density at radius 2 is 1.93 bits per heavy atom. The first kappa shape index (κ1) is 22.5. The fourth-order valence-corrected chi connectivity index (χ4v) is 3.30. The SMILES string of the molecule is CNC(=O)c1cc(C(N)=O)c(C(C)c2cccc(OC)c2)o1.OC1CCCCC1. The highest BCUT2D eigenvalue weighted by atomic mass is 16.5. The molecule has 1 aromatic heterocycles. The van der Waals surface area contributed by atoms with Crippen molar-refractivity contribution in [3.8, 4) is 5.75 Å². The molecule has 1 aromatic carbocycles. The summed E-state index contributed by atoms with van der Waals surface area (Å²) >= 11 is 0. The monoisotopic (exact) mass is 402 g/mol. The van der Waals surface area contributed by atoms with Crippen LogP contribution in [0.25, 0.3) is 0 Å². The van der Waals surface area contributed by atoms with Crippen molar-refractivity contribution in [2.45, 2.75) is 51.0 Å². The quantitative estimate of drug-likeness (QED) is 0.710. The lowest BCUT2D eigenvalue weighted by Gasteiger charge is -2.14.